The monoisotopic (exact) mass is 246 g/mol. The van der Waals surface area contributed by atoms with Gasteiger partial charge < -0.3 is 0 Å². The summed E-state index contributed by atoms with van der Waals surface area (Å²) in [5.41, 5.74) is 5.60. The molecule has 2 aromatic rings. The normalized spacial score (nSPS) is 19.2. The maximum atomic E-state index is 2.34. The van der Waals surface area contributed by atoms with E-state index in [4.69, 9.17) is 0 Å². The zero-order valence-corrected chi connectivity index (χ0v) is 11.0. The van der Waals surface area contributed by atoms with Crippen LogP contribution in [-0.4, -0.2) is 0 Å². The van der Waals surface area contributed by atoms with Crippen molar-refractivity contribution in [2.45, 2.75) is 19.3 Å². The van der Waals surface area contributed by atoms with E-state index in [-0.39, 0.29) is 0 Å². The minimum Gasteiger partial charge on any atom is -0.0622 e. The quantitative estimate of drug-likeness (QED) is 0.671. The molecular formula is C19H18. The Morgan fingerprint density at radius 1 is 0.579 bits per heavy atom. The molecule has 1 fully saturated rings. The van der Waals surface area contributed by atoms with Crippen molar-refractivity contribution < 1.29 is 0 Å². The van der Waals surface area contributed by atoms with Gasteiger partial charge in [-0.2, -0.15) is 0 Å². The summed E-state index contributed by atoms with van der Waals surface area (Å²) in [5, 5.41) is 0. The average molecular weight is 246 g/mol. The maximum Gasteiger partial charge on any atom is -0.0254 e. The van der Waals surface area contributed by atoms with Gasteiger partial charge in [0.25, 0.3) is 0 Å². The van der Waals surface area contributed by atoms with E-state index in [1.54, 1.807) is 0 Å². The van der Waals surface area contributed by atoms with Crippen molar-refractivity contribution in [3.63, 3.8) is 0 Å². The van der Waals surface area contributed by atoms with Crippen LogP contribution >= 0.6 is 0 Å². The molecule has 0 atom stereocenters. The Labute approximate surface area is 115 Å². The first-order chi connectivity index (χ1) is 9.42. The van der Waals surface area contributed by atoms with E-state index in [0.29, 0.717) is 0 Å². The molecule has 0 radical (unpaired) electrons. The zero-order chi connectivity index (χ0) is 12.9. The predicted octanol–water partition coefficient (Wildman–Crippen LogP) is 5.34. The average Bonchev–Trinajstić information content (AvgIpc) is 2.88. The topological polar surface area (TPSA) is 0 Å². The summed E-state index contributed by atoms with van der Waals surface area (Å²) in [4.78, 5) is 0. The van der Waals surface area contributed by atoms with Gasteiger partial charge in [0, 0.05) is 0 Å². The summed E-state index contributed by atoms with van der Waals surface area (Å²) in [5.74, 6) is 0. The van der Waals surface area contributed by atoms with E-state index < -0.39 is 0 Å². The lowest BCUT2D eigenvalue weighted by Crippen LogP contribution is -1.81. The van der Waals surface area contributed by atoms with Crippen molar-refractivity contribution >= 4 is 12.2 Å². The fraction of sp³-hybridized carbons (Fsp3) is 0.158. The van der Waals surface area contributed by atoms with Gasteiger partial charge in [-0.25, -0.2) is 0 Å². The molecular weight excluding hydrogens is 228 g/mol. The van der Waals surface area contributed by atoms with Gasteiger partial charge in [-0.1, -0.05) is 72.8 Å². The van der Waals surface area contributed by atoms with Gasteiger partial charge >= 0.3 is 0 Å². The highest BCUT2D eigenvalue weighted by atomic mass is 14.2. The smallest absolute Gasteiger partial charge is 0.0254 e. The van der Waals surface area contributed by atoms with Gasteiger partial charge in [-0.05, 0) is 41.5 Å². The van der Waals surface area contributed by atoms with Crippen LogP contribution in [0.25, 0.3) is 12.2 Å². The third kappa shape index (κ3) is 3.03. The fourth-order valence-electron chi connectivity index (χ4n) is 2.62. The second-order valence-electron chi connectivity index (χ2n) is 5.01. The minimum atomic E-state index is 1.20. The van der Waals surface area contributed by atoms with E-state index in [1.165, 1.54) is 41.5 Å². The van der Waals surface area contributed by atoms with Gasteiger partial charge in [-0.15, -0.1) is 0 Å². The van der Waals surface area contributed by atoms with E-state index in [1.807, 2.05) is 0 Å². The Morgan fingerprint density at radius 3 is 1.42 bits per heavy atom. The van der Waals surface area contributed by atoms with E-state index in [9.17, 15) is 0 Å². The number of rotatable bonds is 2. The van der Waals surface area contributed by atoms with Crippen LogP contribution < -0.4 is 0 Å². The fourth-order valence-corrected chi connectivity index (χ4v) is 2.62. The first-order valence-electron chi connectivity index (χ1n) is 6.93. The van der Waals surface area contributed by atoms with Crippen LogP contribution in [0.4, 0.5) is 0 Å². The van der Waals surface area contributed by atoms with Crippen LogP contribution in [0.5, 0.6) is 0 Å². The molecule has 0 N–H and O–H groups in total. The SMILES string of the molecule is C(=C1CCCC1=Cc1ccccc1)c1ccccc1. The Morgan fingerprint density at radius 2 is 1.00 bits per heavy atom. The zero-order valence-electron chi connectivity index (χ0n) is 11.0. The lowest BCUT2D eigenvalue weighted by Gasteiger charge is -2.02. The van der Waals surface area contributed by atoms with Gasteiger partial charge in [-0.3, -0.25) is 0 Å². The standard InChI is InChI=1S/C19H18/c1-3-8-16(9-4-1)14-18-12-7-13-19(18)15-17-10-5-2-6-11-17/h1-6,8-11,14-15H,7,12-13H2. The van der Waals surface area contributed by atoms with Crippen molar-refractivity contribution in [3.8, 4) is 0 Å². The number of benzene rings is 2. The molecule has 0 bridgehead atoms. The highest BCUT2D eigenvalue weighted by molar-refractivity contribution is 5.67. The molecule has 0 nitrogen and oxygen atoms in total. The summed E-state index contributed by atoms with van der Waals surface area (Å²) in [6.45, 7) is 0. The second-order valence-corrected chi connectivity index (χ2v) is 5.01. The van der Waals surface area contributed by atoms with Crippen LogP contribution in [0.3, 0.4) is 0 Å². The Hall–Kier alpha value is -2.08. The largest absolute Gasteiger partial charge is 0.0622 e. The van der Waals surface area contributed by atoms with Crippen LogP contribution in [0, 0.1) is 0 Å². The van der Waals surface area contributed by atoms with Crippen molar-refractivity contribution in [1.82, 2.24) is 0 Å². The van der Waals surface area contributed by atoms with Crippen LogP contribution in [0.2, 0.25) is 0 Å². The summed E-state index contributed by atoms with van der Waals surface area (Å²) in [7, 11) is 0. The predicted molar refractivity (Wildman–Crippen MR) is 82.7 cm³/mol. The van der Waals surface area contributed by atoms with Gasteiger partial charge in [0.1, 0.15) is 0 Å². The van der Waals surface area contributed by atoms with E-state index in [0.717, 1.165) is 0 Å². The number of hydrogen-bond donors (Lipinski definition) is 0. The molecule has 0 amide bonds. The third-order valence-electron chi connectivity index (χ3n) is 3.59. The lowest BCUT2D eigenvalue weighted by atomic mass is 10.0. The molecule has 3 rings (SSSR count). The molecule has 0 spiro atoms. The molecule has 0 aliphatic heterocycles. The van der Waals surface area contributed by atoms with Crippen molar-refractivity contribution in [3.05, 3.63) is 82.9 Å². The summed E-state index contributed by atoms with van der Waals surface area (Å²) in [6.07, 6.45) is 8.35. The van der Waals surface area contributed by atoms with E-state index >= 15 is 0 Å². The van der Waals surface area contributed by atoms with Crippen molar-refractivity contribution in [1.29, 1.82) is 0 Å². The maximum absolute atomic E-state index is 2.34. The van der Waals surface area contributed by atoms with Crippen LogP contribution in [0.15, 0.2) is 71.8 Å². The molecule has 0 heterocycles. The van der Waals surface area contributed by atoms with Crippen molar-refractivity contribution in [2.75, 3.05) is 0 Å². The first-order valence-corrected chi connectivity index (χ1v) is 6.93. The van der Waals surface area contributed by atoms with E-state index in [2.05, 4.69) is 72.8 Å². The molecule has 0 heteroatoms. The lowest BCUT2D eigenvalue weighted by molar-refractivity contribution is 0.935. The third-order valence-corrected chi connectivity index (χ3v) is 3.59. The molecule has 1 aliphatic carbocycles. The van der Waals surface area contributed by atoms with Crippen LogP contribution in [-0.2, 0) is 0 Å². The Balaban J connectivity index is 1.90. The molecule has 0 aromatic heterocycles. The second kappa shape index (κ2) is 5.71. The first kappa shape index (κ1) is 12.0. The molecule has 0 unspecified atom stereocenters. The summed E-state index contributed by atoms with van der Waals surface area (Å²) < 4.78 is 0. The summed E-state index contributed by atoms with van der Waals surface area (Å²) in [6, 6.07) is 21.2. The highest BCUT2D eigenvalue weighted by Gasteiger charge is 2.13. The molecule has 0 saturated heterocycles. The number of hydrogen-bond acceptors (Lipinski definition) is 0. The Kier molecular flexibility index (Phi) is 3.60. The molecule has 1 saturated carbocycles. The molecule has 1 aliphatic rings. The van der Waals surface area contributed by atoms with Crippen molar-refractivity contribution in [2.24, 2.45) is 0 Å². The highest BCUT2D eigenvalue weighted by Crippen LogP contribution is 2.33. The van der Waals surface area contributed by atoms with Gasteiger partial charge in [0.05, 0.1) is 0 Å². The Bertz CT molecular complexity index is 533. The molecule has 19 heavy (non-hydrogen) atoms. The minimum absolute atomic E-state index is 1.20. The van der Waals surface area contributed by atoms with Gasteiger partial charge in [0.15, 0.2) is 0 Å². The molecule has 2 aromatic carbocycles. The summed E-state index contributed by atoms with van der Waals surface area (Å²) >= 11 is 0. The number of allylic oxidation sites excluding steroid dienone is 2. The van der Waals surface area contributed by atoms with Gasteiger partial charge in [0.2, 0.25) is 0 Å². The molecule has 94 valence electrons. The van der Waals surface area contributed by atoms with Crippen LogP contribution in [0.1, 0.15) is 30.4 Å².